The fraction of sp³-hybridized carbons (Fsp3) is 0.500. The van der Waals surface area contributed by atoms with Crippen molar-refractivity contribution in [2.24, 2.45) is 0 Å². The SMILES string of the molecule is CCCOc1ccccc1C(=O)N1CC[C@@H]2[C@@H](C1)OCc1cnnn12. The van der Waals surface area contributed by atoms with Gasteiger partial charge in [-0.15, -0.1) is 5.10 Å². The van der Waals surface area contributed by atoms with Gasteiger partial charge >= 0.3 is 0 Å². The van der Waals surface area contributed by atoms with Crippen LogP contribution >= 0.6 is 0 Å². The average Bonchev–Trinajstić information content (AvgIpc) is 3.15. The number of rotatable bonds is 4. The molecule has 1 fully saturated rings. The van der Waals surface area contributed by atoms with E-state index in [4.69, 9.17) is 9.47 Å². The summed E-state index contributed by atoms with van der Waals surface area (Å²) in [4.78, 5) is 14.9. The van der Waals surface area contributed by atoms with Crippen LogP contribution in [-0.2, 0) is 11.3 Å². The zero-order valence-electron chi connectivity index (χ0n) is 14.3. The van der Waals surface area contributed by atoms with E-state index in [1.807, 2.05) is 40.8 Å². The molecule has 25 heavy (non-hydrogen) atoms. The molecule has 2 aromatic rings. The Morgan fingerprint density at radius 2 is 2.28 bits per heavy atom. The summed E-state index contributed by atoms with van der Waals surface area (Å²) in [6.45, 7) is 4.38. The van der Waals surface area contributed by atoms with Crippen molar-refractivity contribution < 1.29 is 14.3 Å². The molecule has 7 heteroatoms. The first kappa shape index (κ1) is 16.1. The van der Waals surface area contributed by atoms with E-state index in [1.54, 1.807) is 6.20 Å². The Bertz CT molecular complexity index is 760. The van der Waals surface area contributed by atoms with Crippen molar-refractivity contribution in [2.75, 3.05) is 19.7 Å². The number of ether oxygens (including phenoxy) is 2. The standard InChI is InChI=1S/C18H22N4O3/c1-2-9-24-16-6-4-3-5-14(16)18(23)21-8-7-15-17(11-21)25-12-13-10-19-20-22(13)15/h3-6,10,15,17H,2,7-9,11-12H2,1H3/t15-,17-/m1/s1. The van der Waals surface area contributed by atoms with Crippen LogP contribution in [0.3, 0.4) is 0 Å². The van der Waals surface area contributed by atoms with E-state index in [2.05, 4.69) is 10.3 Å². The molecule has 0 saturated carbocycles. The summed E-state index contributed by atoms with van der Waals surface area (Å²) in [6.07, 6.45) is 3.42. The van der Waals surface area contributed by atoms with Gasteiger partial charge in [-0.25, -0.2) is 4.68 Å². The van der Waals surface area contributed by atoms with Gasteiger partial charge in [0, 0.05) is 13.1 Å². The lowest BCUT2D eigenvalue weighted by Crippen LogP contribution is -2.50. The van der Waals surface area contributed by atoms with E-state index in [-0.39, 0.29) is 18.1 Å². The largest absolute Gasteiger partial charge is 0.493 e. The molecule has 0 spiro atoms. The third-order valence-corrected chi connectivity index (χ3v) is 4.80. The number of hydrogen-bond acceptors (Lipinski definition) is 5. The first-order valence-corrected chi connectivity index (χ1v) is 8.79. The fourth-order valence-electron chi connectivity index (χ4n) is 3.52. The zero-order valence-corrected chi connectivity index (χ0v) is 14.3. The van der Waals surface area contributed by atoms with Crippen LogP contribution in [0.2, 0.25) is 0 Å². The molecule has 1 amide bonds. The van der Waals surface area contributed by atoms with Gasteiger partial charge in [0.2, 0.25) is 0 Å². The minimum atomic E-state index is -0.0457. The Kier molecular flexibility index (Phi) is 4.40. The van der Waals surface area contributed by atoms with E-state index in [0.29, 0.717) is 37.6 Å². The third kappa shape index (κ3) is 3.00. The smallest absolute Gasteiger partial charge is 0.257 e. The summed E-state index contributed by atoms with van der Waals surface area (Å²) in [5.41, 5.74) is 1.62. The van der Waals surface area contributed by atoms with E-state index in [1.165, 1.54) is 0 Å². The lowest BCUT2D eigenvalue weighted by Gasteiger charge is -2.41. The minimum absolute atomic E-state index is 0.00172. The normalized spacial score (nSPS) is 22.2. The van der Waals surface area contributed by atoms with Gasteiger partial charge in [0.15, 0.2) is 0 Å². The maximum absolute atomic E-state index is 13.0. The third-order valence-electron chi connectivity index (χ3n) is 4.80. The van der Waals surface area contributed by atoms with Crippen LogP contribution in [0.5, 0.6) is 5.75 Å². The Labute approximate surface area is 146 Å². The van der Waals surface area contributed by atoms with Crippen molar-refractivity contribution in [1.29, 1.82) is 0 Å². The molecule has 2 aliphatic rings. The van der Waals surface area contributed by atoms with Gasteiger partial charge in [0.05, 0.1) is 42.8 Å². The molecule has 7 nitrogen and oxygen atoms in total. The van der Waals surface area contributed by atoms with E-state index < -0.39 is 0 Å². The van der Waals surface area contributed by atoms with Crippen molar-refractivity contribution in [3.8, 4) is 5.75 Å². The number of carbonyl (C=O) groups is 1. The molecule has 0 unspecified atom stereocenters. The van der Waals surface area contributed by atoms with Crippen LogP contribution in [0.25, 0.3) is 0 Å². The van der Waals surface area contributed by atoms with Crippen LogP contribution in [0.4, 0.5) is 0 Å². The second kappa shape index (κ2) is 6.84. The Balaban J connectivity index is 1.50. The average molecular weight is 342 g/mol. The number of carbonyl (C=O) groups excluding carboxylic acids is 1. The molecule has 1 saturated heterocycles. The number of hydrogen-bond donors (Lipinski definition) is 0. The topological polar surface area (TPSA) is 69.5 Å². The van der Waals surface area contributed by atoms with Crippen molar-refractivity contribution in [2.45, 2.75) is 38.5 Å². The summed E-state index contributed by atoms with van der Waals surface area (Å²) in [5, 5.41) is 8.15. The summed E-state index contributed by atoms with van der Waals surface area (Å²) >= 11 is 0. The summed E-state index contributed by atoms with van der Waals surface area (Å²) in [5.74, 6) is 0.651. The minimum Gasteiger partial charge on any atom is -0.493 e. The van der Waals surface area contributed by atoms with Gasteiger partial charge in [-0.05, 0) is 25.0 Å². The second-order valence-electron chi connectivity index (χ2n) is 6.47. The van der Waals surface area contributed by atoms with Crippen LogP contribution < -0.4 is 4.74 Å². The number of nitrogens with zero attached hydrogens (tertiary/aromatic N) is 4. The molecule has 1 aromatic heterocycles. The van der Waals surface area contributed by atoms with Gasteiger partial charge in [-0.3, -0.25) is 4.79 Å². The van der Waals surface area contributed by atoms with Crippen LogP contribution in [-0.4, -0.2) is 51.6 Å². The van der Waals surface area contributed by atoms with Crippen LogP contribution in [0, 0.1) is 0 Å². The van der Waals surface area contributed by atoms with E-state index in [0.717, 1.165) is 18.5 Å². The van der Waals surface area contributed by atoms with Gasteiger partial charge < -0.3 is 14.4 Å². The second-order valence-corrected chi connectivity index (χ2v) is 6.47. The Morgan fingerprint density at radius 3 is 3.16 bits per heavy atom. The molecular formula is C18H22N4O3. The van der Waals surface area contributed by atoms with E-state index in [9.17, 15) is 4.79 Å². The zero-order chi connectivity index (χ0) is 17.2. The van der Waals surface area contributed by atoms with E-state index >= 15 is 0 Å². The highest BCUT2D eigenvalue weighted by Crippen LogP contribution is 2.31. The number of fused-ring (bicyclic) bond motifs is 3. The quantitative estimate of drug-likeness (QED) is 0.850. The van der Waals surface area contributed by atoms with Crippen LogP contribution in [0.15, 0.2) is 30.5 Å². The highest BCUT2D eigenvalue weighted by molar-refractivity contribution is 5.97. The predicted octanol–water partition coefficient (Wildman–Crippen LogP) is 2.05. The Hall–Kier alpha value is -2.41. The first-order valence-electron chi connectivity index (χ1n) is 8.79. The molecule has 1 aromatic carbocycles. The molecular weight excluding hydrogens is 320 g/mol. The number of para-hydroxylation sites is 1. The molecule has 2 aliphatic heterocycles. The highest BCUT2D eigenvalue weighted by Gasteiger charge is 2.38. The maximum atomic E-state index is 13.0. The highest BCUT2D eigenvalue weighted by atomic mass is 16.5. The lowest BCUT2D eigenvalue weighted by atomic mass is 9.99. The summed E-state index contributed by atoms with van der Waals surface area (Å²) in [6, 6.07) is 7.61. The first-order chi connectivity index (χ1) is 12.3. The molecule has 0 aliphatic carbocycles. The van der Waals surface area contributed by atoms with Crippen molar-refractivity contribution in [3.05, 3.63) is 41.7 Å². The predicted molar refractivity (Wildman–Crippen MR) is 90.4 cm³/mol. The number of piperidine rings is 1. The molecule has 0 bridgehead atoms. The van der Waals surface area contributed by atoms with Crippen molar-refractivity contribution >= 4 is 5.91 Å². The lowest BCUT2D eigenvalue weighted by molar-refractivity contribution is -0.0628. The number of likely N-dealkylation sites (tertiary alicyclic amines) is 1. The van der Waals surface area contributed by atoms with Crippen LogP contribution in [0.1, 0.15) is 41.9 Å². The number of aromatic nitrogens is 3. The van der Waals surface area contributed by atoms with Crippen molar-refractivity contribution in [1.82, 2.24) is 19.9 Å². The Morgan fingerprint density at radius 1 is 1.40 bits per heavy atom. The fourth-order valence-corrected chi connectivity index (χ4v) is 3.52. The molecule has 2 atom stereocenters. The molecule has 0 radical (unpaired) electrons. The summed E-state index contributed by atoms with van der Waals surface area (Å²) < 4.78 is 13.6. The van der Waals surface area contributed by atoms with Gasteiger partial charge in [0.1, 0.15) is 5.75 Å². The molecule has 3 heterocycles. The molecule has 132 valence electrons. The number of amides is 1. The van der Waals surface area contributed by atoms with Gasteiger partial charge in [-0.2, -0.15) is 0 Å². The summed E-state index contributed by atoms with van der Waals surface area (Å²) in [7, 11) is 0. The van der Waals surface area contributed by atoms with Gasteiger partial charge in [0.25, 0.3) is 5.91 Å². The molecule has 4 rings (SSSR count). The van der Waals surface area contributed by atoms with Gasteiger partial charge in [-0.1, -0.05) is 24.3 Å². The van der Waals surface area contributed by atoms with Crippen molar-refractivity contribution in [3.63, 3.8) is 0 Å². The molecule has 0 N–H and O–H groups in total. The monoisotopic (exact) mass is 342 g/mol. The maximum Gasteiger partial charge on any atom is 0.257 e. The number of benzene rings is 1.